The highest BCUT2D eigenvalue weighted by Crippen LogP contribution is 2.38. The van der Waals surface area contributed by atoms with Gasteiger partial charge in [-0.2, -0.15) is 0 Å². The van der Waals surface area contributed by atoms with Gasteiger partial charge in [0.15, 0.2) is 11.5 Å². The van der Waals surface area contributed by atoms with E-state index in [-0.39, 0.29) is 6.10 Å². The molecule has 0 unspecified atom stereocenters. The predicted octanol–water partition coefficient (Wildman–Crippen LogP) is 3.09. The van der Waals surface area contributed by atoms with Gasteiger partial charge < -0.3 is 9.47 Å². The molecule has 0 saturated heterocycles. The summed E-state index contributed by atoms with van der Waals surface area (Å²) in [5.41, 5.74) is 1.98. The van der Waals surface area contributed by atoms with Gasteiger partial charge in [0, 0.05) is 11.1 Å². The molecule has 0 fully saturated rings. The summed E-state index contributed by atoms with van der Waals surface area (Å²) in [4.78, 5) is 4.50. The molecule has 1 aliphatic heterocycles. The summed E-state index contributed by atoms with van der Waals surface area (Å²) in [5, 5.41) is 1.03. The van der Waals surface area contributed by atoms with Crippen molar-refractivity contribution >= 4 is 10.9 Å². The minimum absolute atomic E-state index is 0.148. The summed E-state index contributed by atoms with van der Waals surface area (Å²) < 4.78 is 11.7. The van der Waals surface area contributed by atoms with E-state index < -0.39 is 0 Å². The second-order valence-corrected chi connectivity index (χ2v) is 4.37. The average Bonchev–Trinajstić information content (AvgIpc) is 2.37. The van der Waals surface area contributed by atoms with E-state index in [1.807, 2.05) is 25.1 Å². The molecule has 0 amide bonds. The number of nitrogens with zero attached hydrogens (tertiary/aromatic N) is 1. The monoisotopic (exact) mass is 229 g/mol. The van der Waals surface area contributed by atoms with Crippen molar-refractivity contribution in [3.05, 3.63) is 30.0 Å². The molecule has 0 N–H and O–H groups in total. The second kappa shape index (κ2) is 3.91. The van der Waals surface area contributed by atoms with Crippen LogP contribution in [0.4, 0.5) is 0 Å². The molecule has 3 nitrogen and oxygen atoms in total. The Hall–Kier alpha value is -1.77. The molecule has 0 spiro atoms. The zero-order valence-electron chi connectivity index (χ0n) is 10.1. The van der Waals surface area contributed by atoms with Crippen LogP contribution in [0.2, 0.25) is 0 Å². The molecule has 0 bridgehead atoms. The number of fused-ring (bicyclic) bond motifs is 3. The number of aromatic nitrogens is 1. The standard InChI is InChI=1S/C14H15NO2/c1-3-10-8-16-13-7-6-12-11(14(13)17-10)5-4-9(2)15-12/h4-7,10H,3,8H2,1-2H3/t10-/m0/s1. The molecule has 88 valence electrons. The molecule has 2 heterocycles. The summed E-state index contributed by atoms with van der Waals surface area (Å²) in [6, 6.07) is 7.98. The van der Waals surface area contributed by atoms with Gasteiger partial charge in [-0.25, -0.2) is 0 Å². The molecule has 2 aromatic rings. The van der Waals surface area contributed by atoms with Crippen LogP contribution in [0.1, 0.15) is 19.0 Å². The topological polar surface area (TPSA) is 31.4 Å². The number of aryl methyl sites for hydroxylation is 1. The van der Waals surface area contributed by atoms with Gasteiger partial charge in [-0.1, -0.05) is 6.92 Å². The third-order valence-corrected chi connectivity index (χ3v) is 3.09. The van der Waals surface area contributed by atoms with E-state index in [0.29, 0.717) is 6.61 Å². The Morgan fingerprint density at radius 1 is 1.29 bits per heavy atom. The molecule has 3 rings (SSSR count). The Balaban J connectivity index is 2.17. The summed E-state index contributed by atoms with van der Waals surface area (Å²) in [7, 11) is 0. The van der Waals surface area contributed by atoms with Crippen LogP contribution in [0.3, 0.4) is 0 Å². The number of ether oxygens (including phenoxy) is 2. The van der Waals surface area contributed by atoms with Gasteiger partial charge in [0.05, 0.1) is 5.52 Å². The van der Waals surface area contributed by atoms with Crippen molar-refractivity contribution in [2.75, 3.05) is 6.61 Å². The van der Waals surface area contributed by atoms with E-state index in [4.69, 9.17) is 9.47 Å². The van der Waals surface area contributed by atoms with Gasteiger partial charge in [-0.05, 0) is 37.6 Å². The zero-order chi connectivity index (χ0) is 11.8. The lowest BCUT2D eigenvalue weighted by molar-refractivity contribution is 0.0905. The first-order valence-corrected chi connectivity index (χ1v) is 5.97. The van der Waals surface area contributed by atoms with Crippen LogP contribution >= 0.6 is 0 Å². The minimum Gasteiger partial charge on any atom is -0.486 e. The maximum Gasteiger partial charge on any atom is 0.171 e. The van der Waals surface area contributed by atoms with Crippen LogP contribution < -0.4 is 9.47 Å². The van der Waals surface area contributed by atoms with E-state index >= 15 is 0 Å². The van der Waals surface area contributed by atoms with Gasteiger partial charge >= 0.3 is 0 Å². The molecular weight excluding hydrogens is 214 g/mol. The fourth-order valence-electron chi connectivity index (χ4n) is 2.08. The molecule has 1 atom stereocenters. The minimum atomic E-state index is 0.148. The fourth-order valence-corrected chi connectivity index (χ4v) is 2.08. The van der Waals surface area contributed by atoms with Crippen LogP contribution in [0.25, 0.3) is 10.9 Å². The van der Waals surface area contributed by atoms with Gasteiger partial charge in [0.1, 0.15) is 12.7 Å². The quantitative estimate of drug-likeness (QED) is 0.753. The number of pyridine rings is 1. The van der Waals surface area contributed by atoms with Gasteiger partial charge in [0.2, 0.25) is 0 Å². The number of benzene rings is 1. The van der Waals surface area contributed by atoms with Crippen molar-refractivity contribution in [2.24, 2.45) is 0 Å². The van der Waals surface area contributed by atoms with Gasteiger partial charge in [-0.3, -0.25) is 4.98 Å². The Kier molecular flexibility index (Phi) is 2.39. The molecule has 17 heavy (non-hydrogen) atoms. The largest absolute Gasteiger partial charge is 0.486 e. The highest BCUT2D eigenvalue weighted by atomic mass is 16.6. The first kappa shape index (κ1) is 10.4. The number of hydrogen-bond donors (Lipinski definition) is 0. The maximum atomic E-state index is 5.97. The average molecular weight is 229 g/mol. The normalized spacial score (nSPS) is 18.4. The van der Waals surface area contributed by atoms with Crippen molar-refractivity contribution in [3.8, 4) is 11.5 Å². The van der Waals surface area contributed by atoms with Crippen molar-refractivity contribution in [1.29, 1.82) is 0 Å². The van der Waals surface area contributed by atoms with Crippen molar-refractivity contribution in [2.45, 2.75) is 26.4 Å². The summed E-state index contributed by atoms with van der Waals surface area (Å²) >= 11 is 0. The van der Waals surface area contributed by atoms with Gasteiger partial charge in [0.25, 0.3) is 0 Å². The maximum absolute atomic E-state index is 5.97. The van der Waals surface area contributed by atoms with E-state index in [1.165, 1.54) is 0 Å². The summed E-state index contributed by atoms with van der Waals surface area (Å²) in [6.07, 6.45) is 1.10. The van der Waals surface area contributed by atoms with E-state index in [2.05, 4.69) is 18.0 Å². The summed E-state index contributed by atoms with van der Waals surface area (Å²) in [5.74, 6) is 1.67. The zero-order valence-corrected chi connectivity index (χ0v) is 10.1. The van der Waals surface area contributed by atoms with E-state index in [0.717, 1.165) is 34.5 Å². The van der Waals surface area contributed by atoms with Crippen molar-refractivity contribution in [1.82, 2.24) is 4.98 Å². The predicted molar refractivity (Wildman–Crippen MR) is 66.7 cm³/mol. The Morgan fingerprint density at radius 2 is 2.18 bits per heavy atom. The number of hydrogen-bond acceptors (Lipinski definition) is 3. The highest BCUT2D eigenvalue weighted by Gasteiger charge is 2.21. The Labute approximate surface area is 100 Å². The van der Waals surface area contributed by atoms with Crippen molar-refractivity contribution in [3.63, 3.8) is 0 Å². The van der Waals surface area contributed by atoms with Crippen LogP contribution in [0, 0.1) is 6.92 Å². The SMILES string of the molecule is CC[C@H]1COc2ccc3nc(C)ccc3c2O1. The lowest BCUT2D eigenvalue weighted by atomic mass is 10.1. The lowest BCUT2D eigenvalue weighted by Crippen LogP contribution is -2.28. The van der Waals surface area contributed by atoms with Crippen LogP contribution in [-0.2, 0) is 0 Å². The first-order valence-electron chi connectivity index (χ1n) is 5.97. The van der Waals surface area contributed by atoms with Crippen LogP contribution in [0.5, 0.6) is 11.5 Å². The summed E-state index contributed by atoms with van der Waals surface area (Å²) in [6.45, 7) is 4.73. The second-order valence-electron chi connectivity index (χ2n) is 4.37. The van der Waals surface area contributed by atoms with E-state index in [1.54, 1.807) is 0 Å². The molecule has 1 aliphatic rings. The molecule has 0 saturated carbocycles. The first-order chi connectivity index (χ1) is 8.28. The molecule has 1 aromatic carbocycles. The Morgan fingerprint density at radius 3 is 3.00 bits per heavy atom. The van der Waals surface area contributed by atoms with Crippen LogP contribution in [-0.4, -0.2) is 17.7 Å². The fraction of sp³-hybridized carbons (Fsp3) is 0.357. The molecule has 0 radical (unpaired) electrons. The molecular formula is C14H15NO2. The number of rotatable bonds is 1. The molecule has 3 heteroatoms. The van der Waals surface area contributed by atoms with Crippen molar-refractivity contribution < 1.29 is 9.47 Å². The van der Waals surface area contributed by atoms with Gasteiger partial charge in [-0.15, -0.1) is 0 Å². The molecule has 0 aliphatic carbocycles. The third-order valence-electron chi connectivity index (χ3n) is 3.09. The smallest absolute Gasteiger partial charge is 0.171 e. The third kappa shape index (κ3) is 1.71. The molecule has 1 aromatic heterocycles. The van der Waals surface area contributed by atoms with Crippen LogP contribution in [0.15, 0.2) is 24.3 Å². The lowest BCUT2D eigenvalue weighted by Gasteiger charge is -2.26. The Bertz CT molecular complexity index is 565. The van der Waals surface area contributed by atoms with E-state index in [9.17, 15) is 0 Å². The highest BCUT2D eigenvalue weighted by molar-refractivity contribution is 5.88.